The second-order valence-corrected chi connectivity index (χ2v) is 5.10. The number of hydrogen-bond donors (Lipinski definition) is 0. The van der Waals surface area contributed by atoms with Gasteiger partial charge in [-0.05, 0) is 45.9 Å². The Morgan fingerprint density at radius 3 is 2.47 bits per heavy atom. The van der Waals surface area contributed by atoms with E-state index in [4.69, 9.17) is 11.6 Å². The highest BCUT2D eigenvalue weighted by Crippen LogP contribution is 2.23. The van der Waals surface area contributed by atoms with Crippen molar-refractivity contribution in [2.24, 2.45) is 0 Å². The van der Waals surface area contributed by atoms with Gasteiger partial charge in [-0.15, -0.1) is 0 Å². The van der Waals surface area contributed by atoms with Crippen LogP contribution in [0.3, 0.4) is 0 Å². The fourth-order valence-electron chi connectivity index (χ4n) is 2.29. The lowest BCUT2D eigenvalue weighted by atomic mass is 10.1. The molecule has 0 saturated heterocycles. The van der Waals surface area contributed by atoms with Gasteiger partial charge in [0.25, 0.3) is 0 Å². The van der Waals surface area contributed by atoms with Crippen LogP contribution in [0.2, 0.25) is 5.02 Å². The van der Waals surface area contributed by atoms with Crippen molar-refractivity contribution in [2.45, 2.75) is 33.7 Å². The van der Waals surface area contributed by atoms with E-state index in [9.17, 15) is 4.79 Å². The van der Waals surface area contributed by atoms with Gasteiger partial charge in [0.15, 0.2) is 5.43 Å². The minimum absolute atomic E-state index is 0.103. The van der Waals surface area contributed by atoms with E-state index < -0.39 is 0 Å². The fraction of sp³-hybridized carbons (Fsp3) is 0.357. The Morgan fingerprint density at radius 2 is 1.88 bits per heavy atom. The monoisotopic (exact) mass is 249 g/mol. The molecule has 1 aromatic heterocycles. The second-order valence-electron chi connectivity index (χ2n) is 4.66. The fourth-order valence-corrected chi connectivity index (χ4v) is 2.46. The molecule has 0 bridgehead atoms. The number of fused-ring (bicyclic) bond motifs is 1. The number of rotatable bonds is 1. The highest BCUT2D eigenvalue weighted by molar-refractivity contribution is 6.31. The summed E-state index contributed by atoms with van der Waals surface area (Å²) in [5.41, 5.74) is 2.85. The van der Waals surface area contributed by atoms with Gasteiger partial charge in [-0.2, -0.15) is 0 Å². The van der Waals surface area contributed by atoms with Gasteiger partial charge in [0, 0.05) is 27.7 Å². The number of aromatic nitrogens is 1. The van der Waals surface area contributed by atoms with Gasteiger partial charge in [-0.1, -0.05) is 11.6 Å². The zero-order valence-corrected chi connectivity index (χ0v) is 11.3. The van der Waals surface area contributed by atoms with Crippen LogP contribution in [0, 0.1) is 13.8 Å². The number of halogens is 1. The molecule has 0 unspecified atom stereocenters. The molecule has 0 saturated carbocycles. The van der Waals surface area contributed by atoms with E-state index in [1.165, 1.54) is 0 Å². The largest absolute Gasteiger partial charge is 0.342 e. The zero-order chi connectivity index (χ0) is 12.7. The predicted octanol–water partition coefficient (Wildman–Crippen LogP) is 3.85. The first kappa shape index (κ1) is 12.2. The van der Waals surface area contributed by atoms with Gasteiger partial charge >= 0.3 is 0 Å². The highest BCUT2D eigenvalue weighted by Gasteiger charge is 2.12. The molecule has 0 fully saturated rings. The standard InChI is InChI=1S/C14H16ClNO/c1-8(2)16-10(4)9(3)14(17)12-6-5-11(15)7-13(12)16/h5-8H,1-4H3. The predicted molar refractivity (Wildman–Crippen MR) is 73.1 cm³/mol. The summed E-state index contributed by atoms with van der Waals surface area (Å²) in [4.78, 5) is 12.2. The highest BCUT2D eigenvalue weighted by atomic mass is 35.5. The molecule has 1 heterocycles. The summed E-state index contributed by atoms with van der Waals surface area (Å²) in [6, 6.07) is 5.75. The lowest BCUT2D eigenvalue weighted by Gasteiger charge is -2.20. The van der Waals surface area contributed by atoms with Crippen LogP contribution in [0.15, 0.2) is 23.0 Å². The lowest BCUT2D eigenvalue weighted by Crippen LogP contribution is -2.17. The van der Waals surface area contributed by atoms with Gasteiger partial charge < -0.3 is 4.57 Å². The number of benzene rings is 1. The van der Waals surface area contributed by atoms with Crippen LogP contribution < -0.4 is 5.43 Å². The van der Waals surface area contributed by atoms with Crippen LogP contribution >= 0.6 is 11.6 Å². The molecule has 0 radical (unpaired) electrons. The minimum atomic E-state index is 0.103. The summed E-state index contributed by atoms with van der Waals surface area (Å²) < 4.78 is 2.16. The van der Waals surface area contributed by atoms with Gasteiger partial charge in [0.05, 0.1) is 5.52 Å². The zero-order valence-electron chi connectivity index (χ0n) is 10.5. The van der Waals surface area contributed by atoms with E-state index in [1.54, 1.807) is 6.07 Å². The molecule has 0 aliphatic rings. The van der Waals surface area contributed by atoms with E-state index >= 15 is 0 Å². The van der Waals surface area contributed by atoms with Crippen LogP contribution in [0.4, 0.5) is 0 Å². The van der Waals surface area contributed by atoms with Crippen molar-refractivity contribution in [1.82, 2.24) is 4.57 Å². The molecule has 0 N–H and O–H groups in total. The first-order chi connectivity index (χ1) is 7.93. The Labute approximate surface area is 106 Å². The van der Waals surface area contributed by atoms with Crippen molar-refractivity contribution in [3.05, 3.63) is 44.7 Å². The second kappa shape index (κ2) is 4.19. The summed E-state index contributed by atoms with van der Waals surface area (Å²) >= 11 is 6.02. The van der Waals surface area contributed by atoms with E-state index in [2.05, 4.69) is 18.4 Å². The topological polar surface area (TPSA) is 22.0 Å². The summed E-state index contributed by atoms with van der Waals surface area (Å²) in [5.74, 6) is 0. The summed E-state index contributed by atoms with van der Waals surface area (Å²) in [6.07, 6.45) is 0. The van der Waals surface area contributed by atoms with Crippen LogP contribution in [0.5, 0.6) is 0 Å². The Morgan fingerprint density at radius 1 is 1.24 bits per heavy atom. The van der Waals surface area contributed by atoms with Crippen LogP contribution in [0.1, 0.15) is 31.1 Å². The first-order valence-corrected chi connectivity index (χ1v) is 6.12. The average Bonchev–Trinajstić information content (AvgIpc) is 2.25. The molecule has 0 aliphatic carbocycles. The summed E-state index contributed by atoms with van der Waals surface area (Å²) in [5, 5.41) is 1.40. The van der Waals surface area contributed by atoms with E-state index in [1.807, 2.05) is 26.0 Å². The smallest absolute Gasteiger partial charge is 0.192 e. The van der Waals surface area contributed by atoms with Crippen molar-refractivity contribution < 1.29 is 0 Å². The molecule has 2 aromatic rings. The van der Waals surface area contributed by atoms with E-state index in [-0.39, 0.29) is 5.43 Å². The molecule has 0 aliphatic heterocycles. The SMILES string of the molecule is Cc1c(C)n(C(C)C)c2cc(Cl)ccc2c1=O. The molecular formula is C14H16ClNO. The van der Waals surface area contributed by atoms with Crippen LogP contribution in [-0.4, -0.2) is 4.57 Å². The molecule has 3 heteroatoms. The van der Waals surface area contributed by atoms with Gasteiger partial charge in [0.1, 0.15) is 0 Å². The average molecular weight is 250 g/mol. The first-order valence-electron chi connectivity index (χ1n) is 5.74. The molecule has 0 amide bonds. The molecule has 90 valence electrons. The molecule has 1 aromatic carbocycles. The van der Waals surface area contributed by atoms with Gasteiger partial charge in [0.2, 0.25) is 0 Å². The van der Waals surface area contributed by atoms with E-state index in [0.717, 1.165) is 22.2 Å². The molecular weight excluding hydrogens is 234 g/mol. The molecule has 0 spiro atoms. The normalized spacial score (nSPS) is 11.4. The summed E-state index contributed by atoms with van der Waals surface area (Å²) in [6.45, 7) is 8.08. The third-order valence-corrected chi connectivity index (χ3v) is 3.46. The molecule has 0 atom stereocenters. The third kappa shape index (κ3) is 1.87. The number of hydrogen-bond acceptors (Lipinski definition) is 1. The van der Waals surface area contributed by atoms with Crippen molar-refractivity contribution in [1.29, 1.82) is 0 Å². The minimum Gasteiger partial charge on any atom is -0.342 e. The van der Waals surface area contributed by atoms with Crippen LogP contribution in [0.25, 0.3) is 10.9 Å². The number of pyridine rings is 1. The number of nitrogens with zero attached hydrogens (tertiary/aromatic N) is 1. The third-order valence-electron chi connectivity index (χ3n) is 3.22. The summed E-state index contributed by atoms with van der Waals surface area (Å²) in [7, 11) is 0. The van der Waals surface area contributed by atoms with Crippen molar-refractivity contribution >= 4 is 22.5 Å². The quantitative estimate of drug-likeness (QED) is 0.752. The van der Waals surface area contributed by atoms with Gasteiger partial charge in [-0.25, -0.2) is 0 Å². The van der Waals surface area contributed by atoms with Crippen molar-refractivity contribution in [3.8, 4) is 0 Å². The lowest BCUT2D eigenvalue weighted by molar-refractivity contribution is 0.599. The molecule has 2 rings (SSSR count). The maximum absolute atomic E-state index is 12.2. The maximum atomic E-state index is 12.2. The Balaban J connectivity index is 3.05. The Kier molecular flexibility index (Phi) is 3.00. The molecule has 2 nitrogen and oxygen atoms in total. The van der Waals surface area contributed by atoms with Crippen molar-refractivity contribution in [2.75, 3.05) is 0 Å². The Hall–Kier alpha value is -1.28. The van der Waals surface area contributed by atoms with Crippen LogP contribution in [-0.2, 0) is 0 Å². The van der Waals surface area contributed by atoms with E-state index in [0.29, 0.717) is 11.1 Å². The van der Waals surface area contributed by atoms with Crippen molar-refractivity contribution in [3.63, 3.8) is 0 Å². The van der Waals surface area contributed by atoms with Gasteiger partial charge in [-0.3, -0.25) is 4.79 Å². The Bertz CT molecular complexity index is 641. The maximum Gasteiger partial charge on any atom is 0.192 e. The molecule has 17 heavy (non-hydrogen) atoms.